The molecule has 0 saturated carbocycles. The van der Waals surface area contributed by atoms with Crippen LogP contribution in [-0.4, -0.2) is 54.8 Å². The summed E-state index contributed by atoms with van der Waals surface area (Å²) >= 11 is 1.35. The van der Waals surface area contributed by atoms with Crippen LogP contribution in [0.2, 0.25) is 0 Å². The first-order valence-electron chi connectivity index (χ1n) is 11.8. The first-order chi connectivity index (χ1) is 16.7. The van der Waals surface area contributed by atoms with Crippen molar-refractivity contribution in [3.8, 4) is 10.6 Å². The maximum Gasteiger partial charge on any atom is 0.429 e. The first-order valence-corrected chi connectivity index (χ1v) is 14.0. The molecule has 12 heteroatoms. The summed E-state index contributed by atoms with van der Waals surface area (Å²) in [5.74, 6) is 0. The van der Waals surface area contributed by atoms with Gasteiger partial charge < -0.3 is 14.4 Å². The van der Waals surface area contributed by atoms with E-state index in [0.717, 1.165) is 10.6 Å². The number of nitrogens with one attached hydrogen (secondary N) is 1. The fourth-order valence-electron chi connectivity index (χ4n) is 3.58. The Labute approximate surface area is 216 Å². The van der Waals surface area contributed by atoms with Gasteiger partial charge in [-0.15, -0.1) is 11.3 Å². The molecular formula is C24H34N4O6S2. The summed E-state index contributed by atoms with van der Waals surface area (Å²) in [6.45, 7) is 12.8. The summed E-state index contributed by atoms with van der Waals surface area (Å²) in [5.41, 5.74) is 0.596. The average Bonchev–Trinajstić information content (AvgIpc) is 3.14. The summed E-state index contributed by atoms with van der Waals surface area (Å²) in [4.78, 5) is 32.7. The molecule has 1 aliphatic heterocycles. The number of nitrogens with zero attached hydrogens (tertiary/aromatic N) is 3. The van der Waals surface area contributed by atoms with E-state index >= 15 is 0 Å². The second-order valence-electron chi connectivity index (χ2n) is 10.1. The van der Waals surface area contributed by atoms with Gasteiger partial charge in [0.1, 0.15) is 5.01 Å². The number of benzene rings is 1. The Bertz CT molecular complexity index is 1220. The molecular weight excluding hydrogens is 504 g/mol. The van der Waals surface area contributed by atoms with Crippen LogP contribution in [-0.2, 0) is 32.6 Å². The molecule has 3 rings (SSSR count). The number of thiazole rings is 1. The van der Waals surface area contributed by atoms with Crippen molar-refractivity contribution in [1.82, 2.24) is 14.6 Å². The molecule has 0 bridgehead atoms. The van der Waals surface area contributed by atoms with Gasteiger partial charge in [0.05, 0.1) is 30.1 Å². The van der Waals surface area contributed by atoms with E-state index in [-0.39, 0.29) is 17.9 Å². The maximum atomic E-state index is 13.4. The van der Waals surface area contributed by atoms with Gasteiger partial charge >= 0.3 is 22.4 Å². The summed E-state index contributed by atoms with van der Waals surface area (Å²) in [6.07, 6.45) is -1.60. The largest absolute Gasteiger partial charge is 0.447 e. The molecule has 0 atom stereocenters. The summed E-state index contributed by atoms with van der Waals surface area (Å²) in [6, 6.07) is 6.66. The van der Waals surface area contributed by atoms with Gasteiger partial charge in [0.15, 0.2) is 0 Å². The Morgan fingerprint density at radius 3 is 2.36 bits per heavy atom. The highest BCUT2D eigenvalue weighted by atomic mass is 32.2. The van der Waals surface area contributed by atoms with Gasteiger partial charge in [-0.25, -0.2) is 14.6 Å². The normalized spacial score (nSPS) is 14.1. The van der Waals surface area contributed by atoms with Crippen molar-refractivity contribution in [2.45, 2.75) is 79.2 Å². The van der Waals surface area contributed by atoms with E-state index < -0.39 is 27.9 Å². The number of para-hydroxylation sites is 1. The number of carbonyl (C=O) groups is 2. The van der Waals surface area contributed by atoms with E-state index in [2.05, 4.69) is 4.72 Å². The molecule has 0 radical (unpaired) electrons. The molecule has 2 amide bonds. The molecule has 10 nitrogen and oxygen atoms in total. The van der Waals surface area contributed by atoms with E-state index in [4.69, 9.17) is 14.5 Å². The molecule has 36 heavy (non-hydrogen) atoms. The molecule has 1 N–H and O–H groups in total. The quantitative estimate of drug-likeness (QED) is 0.566. The van der Waals surface area contributed by atoms with Crippen LogP contribution in [0.25, 0.3) is 10.6 Å². The SMILES string of the molecule is CC(C)OC(=O)N1CCc2nc(-c3ccccc3N(C(=O)OC(C)C)S(=O)(=O)NC(C)(C)C)sc2C1. The van der Waals surface area contributed by atoms with Crippen molar-refractivity contribution >= 4 is 39.4 Å². The van der Waals surface area contributed by atoms with Gasteiger partial charge in [-0.05, 0) is 60.6 Å². The Balaban J connectivity index is 2.03. The summed E-state index contributed by atoms with van der Waals surface area (Å²) in [5, 5.41) is 0.544. The zero-order chi connectivity index (χ0) is 26.8. The number of fused-ring (bicyclic) bond motifs is 1. The minimum atomic E-state index is -4.33. The lowest BCUT2D eigenvalue weighted by Gasteiger charge is -2.28. The van der Waals surface area contributed by atoms with Crippen LogP contribution in [0, 0.1) is 0 Å². The Morgan fingerprint density at radius 2 is 1.75 bits per heavy atom. The van der Waals surface area contributed by atoms with E-state index in [0.29, 0.717) is 34.4 Å². The maximum absolute atomic E-state index is 13.4. The minimum Gasteiger partial charge on any atom is -0.447 e. The van der Waals surface area contributed by atoms with E-state index in [1.165, 1.54) is 11.3 Å². The molecule has 0 fully saturated rings. The molecule has 1 aromatic carbocycles. The number of amides is 2. The summed E-state index contributed by atoms with van der Waals surface area (Å²) in [7, 11) is -4.33. The lowest BCUT2D eigenvalue weighted by Crippen LogP contribution is -2.51. The number of carbonyl (C=O) groups excluding carboxylic acids is 2. The smallest absolute Gasteiger partial charge is 0.429 e. The van der Waals surface area contributed by atoms with Gasteiger partial charge in [0.2, 0.25) is 0 Å². The number of ether oxygens (including phenoxy) is 2. The fourth-order valence-corrected chi connectivity index (χ4v) is 6.26. The Morgan fingerprint density at radius 1 is 1.11 bits per heavy atom. The third-order valence-electron chi connectivity index (χ3n) is 4.86. The number of hydrogen-bond acceptors (Lipinski definition) is 8. The van der Waals surface area contributed by atoms with Crippen LogP contribution in [0.4, 0.5) is 15.3 Å². The van der Waals surface area contributed by atoms with Gasteiger partial charge in [0, 0.05) is 28.9 Å². The van der Waals surface area contributed by atoms with Crippen molar-refractivity contribution in [1.29, 1.82) is 0 Å². The Kier molecular flexibility index (Phi) is 8.31. The van der Waals surface area contributed by atoms with Crippen molar-refractivity contribution in [2.24, 2.45) is 0 Å². The fraction of sp³-hybridized carbons (Fsp3) is 0.542. The highest BCUT2D eigenvalue weighted by molar-refractivity contribution is 7.91. The highest BCUT2D eigenvalue weighted by Gasteiger charge is 2.36. The first kappa shape index (κ1) is 27.9. The monoisotopic (exact) mass is 538 g/mol. The van der Waals surface area contributed by atoms with Gasteiger partial charge in [-0.3, -0.25) is 0 Å². The third-order valence-corrected chi connectivity index (χ3v) is 7.67. The van der Waals surface area contributed by atoms with E-state index in [1.54, 1.807) is 77.6 Å². The van der Waals surface area contributed by atoms with Crippen molar-refractivity contribution in [3.63, 3.8) is 0 Å². The topological polar surface area (TPSA) is 118 Å². The molecule has 1 aromatic heterocycles. The van der Waals surface area contributed by atoms with Crippen molar-refractivity contribution in [3.05, 3.63) is 34.8 Å². The zero-order valence-electron chi connectivity index (χ0n) is 21.7. The lowest BCUT2D eigenvalue weighted by atomic mass is 10.1. The number of rotatable bonds is 6. The molecule has 0 aliphatic carbocycles. The number of hydrogen-bond donors (Lipinski definition) is 1. The van der Waals surface area contributed by atoms with Gasteiger partial charge in [0.25, 0.3) is 0 Å². The third kappa shape index (κ3) is 6.74. The molecule has 0 unspecified atom stereocenters. The second-order valence-corrected chi connectivity index (χ2v) is 12.7. The summed E-state index contributed by atoms with van der Waals surface area (Å²) < 4.78 is 40.6. The molecule has 0 spiro atoms. The Hall–Kier alpha value is -2.70. The van der Waals surface area contributed by atoms with Crippen LogP contribution in [0.3, 0.4) is 0 Å². The standard InChI is InChI=1S/C24H34N4O6S2/c1-15(2)33-22(29)27-13-12-18-20(14-27)35-21(25-18)17-10-8-9-11-19(17)28(23(30)34-16(3)4)36(31,32)26-24(5,6)7/h8-11,15-16,26H,12-14H2,1-7H3. The average molecular weight is 539 g/mol. The molecule has 2 aromatic rings. The van der Waals surface area contributed by atoms with Crippen molar-refractivity contribution in [2.75, 3.05) is 10.8 Å². The van der Waals surface area contributed by atoms with Crippen LogP contribution in [0.1, 0.15) is 59.0 Å². The molecule has 0 saturated heterocycles. The van der Waals surface area contributed by atoms with Crippen molar-refractivity contribution < 1.29 is 27.5 Å². The predicted octanol–water partition coefficient (Wildman–Crippen LogP) is 4.70. The number of anilines is 1. The predicted molar refractivity (Wildman–Crippen MR) is 139 cm³/mol. The van der Waals surface area contributed by atoms with Crippen LogP contribution in [0.15, 0.2) is 24.3 Å². The highest BCUT2D eigenvalue weighted by Crippen LogP contribution is 2.38. The number of aromatic nitrogens is 1. The molecule has 2 heterocycles. The van der Waals surface area contributed by atoms with Crippen LogP contribution in [0.5, 0.6) is 0 Å². The van der Waals surface area contributed by atoms with E-state index in [1.807, 2.05) is 0 Å². The second kappa shape index (κ2) is 10.7. The van der Waals surface area contributed by atoms with Gasteiger partial charge in [-0.2, -0.15) is 17.4 Å². The molecule has 1 aliphatic rings. The van der Waals surface area contributed by atoms with Gasteiger partial charge in [-0.1, -0.05) is 12.1 Å². The van der Waals surface area contributed by atoms with Crippen LogP contribution < -0.4 is 9.03 Å². The lowest BCUT2D eigenvalue weighted by molar-refractivity contribution is 0.0732. The van der Waals surface area contributed by atoms with E-state index in [9.17, 15) is 18.0 Å². The van der Waals surface area contributed by atoms with Crippen LogP contribution >= 0.6 is 11.3 Å². The minimum absolute atomic E-state index is 0.127. The molecule has 198 valence electrons. The zero-order valence-corrected chi connectivity index (χ0v) is 23.3.